The zero-order valence-corrected chi connectivity index (χ0v) is 13.3. The smallest absolute Gasteiger partial charge is 0.345 e. The molecule has 24 heavy (non-hydrogen) atoms. The van der Waals surface area contributed by atoms with Gasteiger partial charge in [0, 0.05) is 11.3 Å². The quantitative estimate of drug-likeness (QED) is 0.543. The molecule has 0 aliphatic carbocycles. The molecule has 0 aliphatic heterocycles. The van der Waals surface area contributed by atoms with Crippen LogP contribution in [-0.4, -0.2) is 41.4 Å². The second kappa shape index (κ2) is 7.27. The van der Waals surface area contributed by atoms with Gasteiger partial charge in [0.25, 0.3) is 5.91 Å². The predicted molar refractivity (Wildman–Crippen MR) is 85.9 cm³/mol. The highest BCUT2D eigenvalue weighted by atomic mass is 16.5. The van der Waals surface area contributed by atoms with Gasteiger partial charge in [0.1, 0.15) is 5.69 Å². The van der Waals surface area contributed by atoms with Gasteiger partial charge >= 0.3 is 5.69 Å². The molecule has 0 aliphatic rings. The molecule has 1 aromatic carbocycles. The van der Waals surface area contributed by atoms with Crippen LogP contribution in [0.4, 0.5) is 0 Å². The van der Waals surface area contributed by atoms with Crippen LogP contribution in [0, 0.1) is 6.92 Å². The number of carbonyl (C=O) groups excluding carboxylic acids is 1. The van der Waals surface area contributed by atoms with Crippen molar-refractivity contribution < 1.29 is 19.4 Å². The van der Waals surface area contributed by atoms with Crippen LogP contribution in [0.15, 0.2) is 28.1 Å². The standard InChI is InChI=1S/C15H16N4O5/c1-8-4-10(18-15(22)17-8)14(21)19-16-7-9-5-11(23-2)13(20)12(6-9)24-3/h4-7,20H,1-3H3,(H,19,21)(H,17,18,22)/b16-7+. The molecule has 0 saturated carbocycles. The first-order valence-electron chi connectivity index (χ1n) is 6.81. The summed E-state index contributed by atoms with van der Waals surface area (Å²) < 4.78 is 10.0. The Hall–Kier alpha value is -3.36. The number of amides is 1. The summed E-state index contributed by atoms with van der Waals surface area (Å²) in [5.41, 5.74) is 2.64. The normalized spacial score (nSPS) is 10.6. The van der Waals surface area contributed by atoms with Crippen molar-refractivity contribution in [3.63, 3.8) is 0 Å². The van der Waals surface area contributed by atoms with E-state index >= 15 is 0 Å². The third-order valence-corrected chi connectivity index (χ3v) is 2.99. The number of aromatic nitrogens is 2. The van der Waals surface area contributed by atoms with Gasteiger partial charge in [-0.2, -0.15) is 10.1 Å². The number of hydrazone groups is 1. The van der Waals surface area contributed by atoms with Gasteiger partial charge in [0.15, 0.2) is 11.5 Å². The van der Waals surface area contributed by atoms with Crippen LogP contribution in [0.25, 0.3) is 0 Å². The largest absolute Gasteiger partial charge is 0.502 e. The van der Waals surface area contributed by atoms with Crippen molar-refractivity contribution in [2.45, 2.75) is 6.92 Å². The Kier molecular flexibility index (Phi) is 5.15. The summed E-state index contributed by atoms with van der Waals surface area (Å²) in [6.45, 7) is 1.64. The fourth-order valence-corrected chi connectivity index (χ4v) is 1.91. The Labute approximate surface area is 137 Å². The SMILES string of the molecule is COc1cc(/C=N/NC(=O)c2cc(C)[nH]c(=O)n2)cc(OC)c1O. The van der Waals surface area contributed by atoms with E-state index in [4.69, 9.17) is 9.47 Å². The lowest BCUT2D eigenvalue weighted by Gasteiger charge is -2.09. The number of hydrogen-bond acceptors (Lipinski definition) is 7. The number of nitrogens with one attached hydrogen (secondary N) is 2. The number of carbonyl (C=O) groups is 1. The van der Waals surface area contributed by atoms with E-state index in [0.29, 0.717) is 11.3 Å². The molecule has 0 bridgehead atoms. The molecule has 9 heteroatoms. The maximum Gasteiger partial charge on any atom is 0.345 e. The first-order valence-corrected chi connectivity index (χ1v) is 6.81. The van der Waals surface area contributed by atoms with Crippen molar-refractivity contribution in [2.75, 3.05) is 14.2 Å². The van der Waals surface area contributed by atoms with Crippen molar-refractivity contribution in [3.05, 3.63) is 45.6 Å². The second-order valence-corrected chi connectivity index (χ2v) is 4.73. The van der Waals surface area contributed by atoms with E-state index < -0.39 is 11.6 Å². The highest BCUT2D eigenvalue weighted by molar-refractivity contribution is 5.93. The maximum atomic E-state index is 11.9. The van der Waals surface area contributed by atoms with E-state index in [-0.39, 0.29) is 22.9 Å². The number of methoxy groups -OCH3 is 2. The van der Waals surface area contributed by atoms with Gasteiger partial charge in [-0.25, -0.2) is 10.2 Å². The molecule has 0 fully saturated rings. The van der Waals surface area contributed by atoms with Gasteiger partial charge in [0.2, 0.25) is 5.75 Å². The minimum Gasteiger partial charge on any atom is -0.502 e. The third kappa shape index (κ3) is 3.88. The van der Waals surface area contributed by atoms with Crippen LogP contribution < -0.4 is 20.6 Å². The lowest BCUT2D eigenvalue weighted by atomic mass is 10.2. The Bertz CT molecular complexity index is 819. The van der Waals surface area contributed by atoms with Crippen molar-refractivity contribution in [3.8, 4) is 17.2 Å². The van der Waals surface area contributed by atoms with E-state index in [9.17, 15) is 14.7 Å². The molecule has 1 amide bonds. The van der Waals surface area contributed by atoms with Crippen LogP contribution in [-0.2, 0) is 0 Å². The minimum atomic E-state index is -0.627. The summed E-state index contributed by atoms with van der Waals surface area (Å²) in [5, 5.41) is 13.6. The van der Waals surface area contributed by atoms with Gasteiger partial charge < -0.3 is 19.6 Å². The third-order valence-electron chi connectivity index (χ3n) is 2.99. The Morgan fingerprint density at radius 3 is 2.46 bits per heavy atom. The molecule has 0 unspecified atom stereocenters. The van der Waals surface area contributed by atoms with Crippen LogP contribution >= 0.6 is 0 Å². The number of aromatic hydroxyl groups is 1. The fraction of sp³-hybridized carbons (Fsp3) is 0.200. The Morgan fingerprint density at radius 2 is 1.92 bits per heavy atom. The number of ether oxygens (including phenoxy) is 2. The van der Waals surface area contributed by atoms with Crippen LogP contribution in [0.1, 0.15) is 21.7 Å². The van der Waals surface area contributed by atoms with Crippen molar-refractivity contribution in [1.29, 1.82) is 0 Å². The second-order valence-electron chi connectivity index (χ2n) is 4.73. The topological polar surface area (TPSA) is 126 Å². The summed E-state index contributed by atoms with van der Waals surface area (Å²) in [5.74, 6) is -0.356. The minimum absolute atomic E-state index is 0.0470. The molecule has 0 radical (unpaired) electrons. The van der Waals surface area contributed by atoms with E-state index in [1.807, 2.05) is 0 Å². The Morgan fingerprint density at radius 1 is 1.29 bits per heavy atom. The monoisotopic (exact) mass is 332 g/mol. The average molecular weight is 332 g/mol. The summed E-state index contributed by atoms with van der Waals surface area (Å²) in [6, 6.07) is 4.46. The molecular weight excluding hydrogens is 316 g/mol. The maximum absolute atomic E-state index is 11.9. The summed E-state index contributed by atoms with van der Waals surface area (Å²) in [6.07, 6.45) is 1.34. The predicted octanol–water partition coefficient (Wildman–Crippen LogP) is 0.565. The van der Waals surface area contributed by atoms with Gasteiger partial charge in [-0.1, -0.05) is 0 Å². The number of benzene rings is 1. The first kappa shape index (κ1) is 17.0. The van der Waals surface area contributed by atoms with Crippen molar-refractivity contribution in [1.82, 2.24) is 15.4 Å². The van der Waals surface area contributed by atoms with Gasteiger partial charge in [-0.15, -0.1) is 0 Å². The molecule has 2 rings (SSSR count). The van der Waals surface area contributed by atoms with Crippen LogP contribution in [0.5, 0.6) is 17.2 Å². The van der Waals surface area contributed by atoms with E-state index in [0.717, 1.165) is 0 Å². The van der Waals surface area contributed by atoms with E-state index in [1.54, 1.807) is 6.92 Å². The zero-order valence-electron chi connectivity index (χ0n) is 13.3. The lowest BCUT2D eigenvalue weighted by molar-refractivity contribution is 0.0949. The van der Waals surface area contributed by atoms with Gasteiger partial charge in [0.05, 0.1) is 20.4 Å². The highest BCUT2D eigenvalue weighted by Crippen LogP contribution is 2.36. The van der Waals surface area contributed by atoms with Crippen molar-refractivity contribution >= 4 is 12.1 Å². The summed E-state index contributed by atoms with van der Waals surface area (Å²) >= 11 is 0. The number of aromatic amines is 1. The first-order chi connectivity index (χ1) is 11.4. The average Bonchev–Trinajstić information content (AvgIpc) is 2.55. The number of aryl methyl sites for hydroxylation is 1. The molecule has 0 atom stereocenters. The number of rotatable bonds is 5. The van der Waals surface area contributed by atoms with Crippen LogP contribution in [0.2, 0.25) is 0 Å². The van der Waals surface area contributed by atoms with E-state index in [1.165, 1.54) is 38.6 Å². The Balaban J connectivity index is 2.16. The number of hydrogen-bond donors (Lipinski definition) is 3. The molecule has 1 aromatic heterocycles. The number of H-pyrrole nitrogens is 1. The van der Waals surface area contributed by atoms with E-state index in [2.05, 4.69) is 20.5 Å². The van der Waals surface area contributed by atoms with Gasteiger partial charge in [-0.3, -0.25) is 4.79 Å². The summed E-state index contributed by atoms with van der Waals surface area (Å²) in [7, 11) is 2.80. The highest BCUT2D eigenvalue weighted by Gasteiger charge is 2.11. The fourth-order valence-electron chi connectivity index (χ4n) is 1.91. The van der Waals surface area contributed by atoms with Crippen LogP contribution in [0.3, 0.4) is 0 Å². The van der Waals surface area contributed by atoms with Crippen molar-refractivity contribution in [2.24, 2.45) is 5.10 Å². The molecule has 0 saturated heterocycles. The number of nitrogens with zero attached hydrogens (tertiary/aromatic N) is 2. The molecule has 3 N–H and O–H groups in total. The molecule has 9 nitrogen and oxygen atoms in total. The van der Waals surface area contributed by atoms with Gasteiger partial charge in [-0.05, 0) is 25.1 Å². The molecule has 2 aromatic rings. The summed E-state index contributed by atoms with van der Waals surface area (Å²) in [4.78, 5) is 29.2. The molecule has 1 heterocycles. The lowest BCUT2D eigenvalue weighted by Crippen LogP contribution is -2.24. The molecule has 126 valence electrons. The molecule has 0 spiro atoms. The zero-order chi connectivity index (χ0) is 17.7. The number of phenolic OH excluding ortho intramolecular Hbond substituents is 1. The number of phenols is 1. The molecular formula is C15H16N4O5.